The van der Waals surface area contributed by atoms with Crippen LogP contribution in [0.4, 0.5) is 0 Å². The molecule has 72 valence electrons. The van der Waals surface area contributed by atoms with E-state index in [1.807, 2.05) is 12.1 Å². The van der Waals surface area contributed by atoms with Crippen LogP contribution in [0.3, 0.4) is 0 Å². The lowest BCUT2D eigenvalue weighted by molar-refractivity contribution is 0.339. The van der Waals surface area contributed by atoms with Gasteiger partial charge in [0.1, 0.15) is 0 Å². The van der Waals surface area contributed by atoms with Gasteiger partial charge in [0.15, 0.2) is 0 Å². The third kappa shape index (κ3) is 2.73. The molecule has 0 saturated carbocycles. The average Bonchev–Trinajstić information content (AvgIpc) is 2.01. The second-order valence-corrected chi connectivity index (χ2v) is 5.08. The summed E-state index contributed by atoms with van der Waals surface area (Å²) in [6, 6.07) is 8.12. The zero-order chi connectivity index (χ0) is 10.1. The lowest BCUT2D eigenvalue weighted by atomic mass is 9.78. The molecule has 0 unspecified atom stereocenters. The van der Waals surface area contributed by atoms with E-state index < -0.39 is 0 Å². The molecular weight excluding hydrogens is 180 g/mol. The van der Waals surface area contributed by atoms with E-state index in [-0.39, 0.29) is 0 Å². The van der Waals surface area contributed by atoms with Gasteiger partial charge < -0.3 is 0 Å². The molecule has 1 aromatic carbocycles. The van der Waals surface area contributed by atoms with Gasteiger partial charge in [-0.15, -0.1) is 0 Å². The molecule has 0 heterocycles. The highest BCUT2D eigenvalue weighted by Crippen LogP contribution is 2.34. The minimum atomic E-state index is 0.296. The van der Waals surface area contributed by atoms with Crippen molar-refractivity contribution in [2.24, 2.45) is 5.41 Å². The Morgan fingerprint density at radius 1 is 1.23 bits per heavy atom. The van der Waals surface area contributed by atoms with Crippen LogP contribution in [0.25, 0.3) is 0 Å². The van der Waals surface area contributed by atoms with Crippen molar-refractivity contribution in [3.63, 3.8) is 0 Å². The van der Waals surface area contributed by atoms with Crippen LogP contribution in [0, 0.1) is 5.41 Å². The van der Waals surface area contributed by atoms with Crippen LogP contribution in [0.5, 0.6) is 0 Å². The monoisotopic (exact) mass is 196 g/mol. The maximum absolute atomic E-state index is 5.94. The minimum absolute atomic E-state index is 0.296. The van der Waals surface area contributed by atoms with Crippen molar-refractivity contribution in [1.82, 2.24) is 0 Å². The zero-order valence-electron chi connectivity index (χ0n) is 8.76. The molecule has 1 heteroatoms. The molecule has 0 aliphatic heterocycles. The van der Waals surface area contributed by atoms with E-state index in [9.17, 15) is 0 Å². The molecule has 0 aliphatic carbocycles. The lowest BCUT2D eigenvalue weighted by Crippen LogP contribution is -2.15. The van der Waals surface area contributed by atoms with E-state index in [0.29, 0.717) is 11.3 Å². The molecule has 0 radical (unpaired) electrons. The molecule has 0 N–H and O–H groups in total. The summed E-state index contributed by atoms with van der Waals surface area (Å²) in [5.41, 5.74) is 1.62. The van der Waals surface area contributed by atoms with Gasteiger partial charge in [-0.05, 0) is 29.0 Å². The normalized spacial score (nSPS) is 14.2. The first-order valence-electron chi connectivity index (χ1n) is 4.67. The first-order valence-corrected chi connectivity index (χ1v) is 5.04. The molecule has 0 bridgehead atoms. The van der Waals surface area contributed by atoms with Crippen molar-refractivity contribution in [3.8, 4) is 0 Å². The van der Waals surface area contributed by atoms with Gasteiger partial charge in [0.2, 0.25) is 0 Å². The number of rotatable bonds is 1. The fourth-order valence-corrected chi connectivity index (χ4v) is 1.47. The second-order valence-electron chi connectivity index (χ2n) is 4.64. The molecule has 0 aliphatic rings. The molecule has 13 heavy (non-hydrogen) atoms. The number of halogens is 1. The molecule has 0 nitrogen and oxygen atoms in total. The van der Waals surface area contributed by atoms with E-state index in [1.165, 1.54) is 5.56 Å². The lowest BCUT2D eigenvalue weighted by Gasteiger charge is -2.27. The van der Waals surface area contributed by atoms with Crippen LogP contribution < -0.4 is 0 Å². The summed E-state index contributed by atoms with van der Waals surface area (Å²) in [6.07, 6.45) is 0. The van der Waals surface area contributed by atoms with Crippen LogP contribution in [-0.2, 0) is 0 Å². The SMILES string of the molecule is C[C@H](c1cccc(Cl)c1)C(C)(C)C. The Labute approximate surface area is 85.9 Å². The molecule has 0 aromatic heterocycles. The predicted molar refractivity (Wildman–Crippen MR) is 59.3 cm³/mol. The number of hydrogen-bond acceptors (Lipinski definition) is 0. The molecule has 0 spiro atoms. The van der Waals surface area contributed by atoms with Crippen LogP contribution >= 0.6 is 11.6 Å². The van der Waals surface area contributed by atoms with Gasteiger partial charge in [-0.25, -0.2) is 0 Å². The molecule has 1 atom stereocenters. The predicted octanol–water partition coefficient (Wildman–Crippen LogP) is 4.49. The van der Waals surface area contributed by atoms with Gasteiger partial charge in [0.05, 0.1) is 0 Å². The van der Waals surface area contributed by atoms with Crippen molar-refractivity contribution >= 4 is 11.6 Å². The molecule has 1 aromatic rings. The van der Waals surface area contributed by atoms with Gasteiger partial charge in [0.25, 0.3) is 0 Å². The first-order chi connectivity index (χ1) is 5.91. The van der Waals surface area contributed by atoms with E-state index >= 15 is 0 Å². The van der Waals surface area contributed by atoms with Gasteiger partial charge in [0, 0.05) is 5.02 Å². The minimum Gasteiger partial charge on any atom is -0.0843 e. The van der Waals surface area contributed by atoms with Crippen molar-refractivity contribution in [3.05, 3.63) is 34.9 Å². The maximum Gasteiger partial charge on any atom is 0.0408 e. The first kappa shape index (κ1) is 10.6. The maximum atomic E-state index is 5.94. The van der Waals surface area contributed by atoms with Crippen molar-refractivity contribution in [2.45, 2.75) is 33.6 Å². The highest BCUT2D eigenvalue weighted by atomic mass is 35.5. The van der Waals surface area contributed by atoms with Crippen LogP contribution in [0.15, 0.2) is 24.3 Å². The Morgan fingerprint density at radius 2 is 1.85 bits per heavy atom. The van der Waals surface area contributed by atoms with E-state index in [0.717, 1.165) is 5.02 Å². The van der Waals surface area contributed by atoms with E-state index in [1.54, 1.807) is 0 Å². The summed E-state index contributed by atoms with van der Waals surface area (Å²) in [4.78, 5) is 0. The third-order valence-electron chi connectivity index (χ3n) is 2.65. The van der Waals surface area contributed by atoms with Crippen molar-refractivity contribution < 1.29 is 0 Å². The molecule has 0 fully saturated rings. The second kappa shape index (κ2) is 3.71. The largest absolute Gasteiger partial charge is 0.0843 e. The highest BCUT2D eigenvalue weighted by molar-refractivity contribution is 6.30. The summed E-state index contributed by atoms with van der Waals surface area (Å²) in [6.45, 7) is 8.99. The Hall–Kier alpha value is -0.490. The standard InChI is InChI=1S/C12H17Cl/c1-9(12(2,3)4)10-6-5-7-11(13)8-10/h5-9H,1-4H3/t9-/m1/s1. The molecule has 0 amide bonds. The summed E-state index contributed by atoms with van der Waals surface area (Å²) >= 11 is 5.94. The Morgan fingerprint density at radius 3 is 2.31 bits per heavy atom. The molecule has 0 saturated heterocycles. The smallest absolute Gasteiger partial charge is 0.0408 e. The molecule has 1 rings (SSSR count). The summed E-state index contributed by atoms with van der Waals surface area (Å²) < 4.78 is 0. The third-order valence-corrected chi connectivity index (χ3v) is 2.88. The fraction of sp³-hybridized carbons (Fsp3) is 0.500. The van der Waals surface area contributed by atoms with Gasteiger partial charge in [-0.3, -0.25) is 0 Å². The van der Waals surface area contributed by atoms with Crippen LogP contribution in [0.2, 0.25) is 5.02 Å². The Balaban J connectivity index is 2.96. The fourth-order valence-electron chi connectivity index (χ4n) is 1.28. The van der Waals surface area contributed by atoms with Gasteiger partial charge in [-0.2, -0.15) is 0 Å². The highest BCUT2D eigenvalue weighted by Gasteiger charge is 2.21. The average molecular weight is 197 g/mol. The Bertz CT molecular complexity index is 283. The van der Waals surface area contributed by atoms with Crippen LogP contribution in [0.1, 0.15) is 39.2 Å². The van der Waals surface area contributed by atoms with Gasteiger partial charge in [-0.1, -0.05) is 51.4 Å². The molecular formula is C12H17Cl. The van der Waals surface area contributed by atoms with E-state index in [4.69, 9.17) is 11.6 Å². The van der Waals surface area contributed by atoms with Gasteiger partial charge >= 0.3 is 0 Å². The van der Waals surface area contributed by atoms with Crippen LogP contribution in [-0.4, -0.2) is 0 Å². The number of benzene rings is 1. The van der Waals surface area contributed by atoms with Crippen molar-refractivity contribution in [2.75, 3.05) is 0 Å². The Kier molecular flexibility index (Phi) is 3.02. The summed E-state index contributed by atoms with van der Waals surface area (Å²) in [7, 11) is 0. The summed E-state index contributed by atoms with van der Waals surface area (Å²) in [5.74, 6) is 0.534. The van der Waals surface area contributed by atoms with Crippen molar-refractivity contribution in [1.29, 1.82) is 0 Å². The zero-order valence-corrected chi connectivity index (χ0v) is 9.52. The topological polar surface area (TPSA) is 0 Å². The van der Waals surface area contributed by atoms with E-state index in [2.05, 4.69) is 39.8 Å². The summed E-state index contributed by atoms with van der Waals surface area (Å²) in [5, 5.41) is 0.827. The number of hydrogen-bond donors (Lipinski definition) is 0. The quantitative estimate of drug-likeness (QED) is 0.621.